The Morgan fingerprint density at radius 3 is 2.73 bits per heavy atom. The monoisotopic (exact) mass is 151 g/mol. The molecule has 0 aromatic heterocycles. The molecule has 0 fully saturated rings. The highest BCUT2D eigenvalue weighted by molar-refractivity contribution is 5.51. The summed E-state index contributed by atoms with van der Waals surface area (Å²) < 4.78 is 0. The quantitative estimate of drug-likeness (QED) is 0.671. The standard InChI is InChI=1S/C9H13NO/c1-7-3-4-8(6-11)5-9(7)10-2/h3-5,10-11H,6H2,1-2H3. The van der Waals surface area contributed by atoms with Crippen molar-refractivity contribution < 1.29 is 5.11 Å². The fourth-order valence-corrected chi connectivity index (χ4v) is 1.04. The van der Waals surface area contributed by atoms with Gasteiger partial charge in [0.25, 0.3) is 0 Å². The molecule has 1 aromatic carbocycles. The van der Waals surface area contributed by atoms with E-state index in [1.807, 2.05) is 32.2 Å². The molecule has 0 aliphatic rings. The first kappa shape index (κ1) is 8.08. The summed E-state index contributed by atoms with van der Waals surface area (Å²) in [5.41, 5.74) is 3.22. The molecule has 0 spiro atoms. The van der Waals surface area contributed by atoms with E-state index in [4.69, 9.17) is 5.11 Å². The zero-order chi connectivity index (χ0) is 8.27. The van der Waals surface area contributed by atoms with Crippen LogP contribution < -0.4 is 5.32 Å². The molecule has 0 heterocycles. The van der Waals surface area contributed by atoms with E-state index < -0.39 is 0 Å². The minimum absolute atomic E-state index is 0.106. The van der Waals surface area contributed by atoms with Crippen LogP contribution in [0.5, 0.6) is 0 Å². The molecule has 0 saturated heterocycles. The maximum Gasteiger partial charge on any atom is 0.0682 e. The molecule has 0 aliphatic heterocycles. The first-order valence-corrected chi connectivity index (χ1v) is 3.66. The molecule has 2 nitrogen and oxygen atoms in total. The zero-order valence-electron chi connectivity index (χ0n) is 6.89. The third-order valence-electron chi connectivity index (χ3n) is 1.75. The molecule has 11 heavy (non-hydrogen) atoms. The van der Waals surface area contributed by atoms with Crippen molar-refractivity contribution in [3.8, 4) is 0 Å². The van der Waals surface area contributed by atoms with Gasteiger partial charge in [0, 0.05) is 12.7 Å². The van der Waals surface area contributed by atoms with Gasteiger partial charge in [-0.1, -0.05) is 12.1 Å². The van der Waals surface area contributed by atoms with Crippen LogP contribution in [0.15, 0.2) is 18.2 Å². The number of aliphatic hydroxyl groups is 1. The number of hydrogen-bond acceptors (Lipinski definition) is 2. The Morgan fingerprint density at radius 1 is 1.45 bits per heavy atom. The minimum Gasteiger partial charge on any atom is -0.392 e. The number of aliphatic hydroxyl groups excluding tert-OH is 1. The van der Waals surface area contributed by atoms with Crippen molar-refractivity contribution in [2.75, 3.05) is 12.4 Å². The summed E-state index contributed by atoms with van der Waals surface area (Å²) in [4.78, 5) is 0. The predicted molar refractivity (Wildman–Crippen MR) is 46.6 cm³/mol. The summed E-state index contributed by atoms with van der Waals surface area (Å²) in [7, 11) is 1.88. The lowest BCUT2D eigenvalue weighted by Crippen LogP contribution is -1.93. The molecule has 0 aliphatic carbocycles. The Labute approximate surface area is 66.9 Å². The minimum atomic E-state index is 0.106. The summed E-state index contributed by atoms with van der Waals surface area (Å²) in [5.74, 6) is 0. The predicted octanol–water partition coefficient (Wildman–Crippen LogP) is 1.53. The van der Waals surface area contributed by atoms with Crippen LogP contribution in [-0.2, 0) is 6.61 Å². The normalized spacial score (nSPS) is 9.73. The average Bonchev–Trinajstić information content (AvgIpc) is 2.05. The largest absolute Gasteiger partial charge is 0.392 e. The fraction of sp³-hybridized carbons (Fsp3) is 0.333. The Morgan fingerprint density at radius 2 is 2.18 bits per heavy atom. The highest BCUT2D eigenvalue weighted by Gasteiger charge is 1.95. The van der Waals surface area contributed by atoms with Crippen LogP contribution in [0.4, 0.5) is 5.69 Å². The van der Waals surface area contributed by atoms with Crippen LogP contribution in [0.2, 0.25) is 0 Å². The number of nitrogens with one attached hydrogen (secondary N) is 1. The Kier molecular flexibility index (Phi) is 2.49. The first-order chi connectivity index (χ1) is 5.27. The molecular formula is C9H13NO. The second-order valence-corrected chi connectivity index (χ2v) is 2.56. The Balaban J connectivity index is 3.02. The fourth-order valence-electron chi connectivity index (χ4n) is 1.04. The summed E-state index contributed by atoms with van der Waals surface area (Å²) >= 11 is 0. The van der Waals surface area contributed by atoms with Gasteiger partial charge in [-0.05, 0) is 24.1 Å². The van der Waals surface area contributed by atoms with Crippen molar-refractivity contribution >= 4 is 5.69 Å². The molecule has 0 saturated carbocycles. The van der Waals surface area contributed by atoms with Gasteiger partial charge < -0.3 is 10.4 Å². The second-order valence-electron chi connectivity index (χ2n) is 2.56. The van der Waals surface area contributed by atoms with E-state index in [2.05, 4.69) is 5.32 Å². The molecule has 2 heteroatoms. The van der Waals surface area contributed by atoms with Crippen LogP contribution in [0.3, 0.4) is 0 Å². The van der Waals surface area contributed by atoms with Crippen molar-refractivity contribution in [2.45, 2.75) is 13.5 Å². The van der Waals surface area contributed by atoms with Gasteiger partial charge >= 0.3 is 0 Å². The van der Waals surface area contributed by atoms with Crippen molar-refractivity contribution in [1.82, 2.24) is 0 Å². The lowest BCUT2D eigenvalue weighted by molar-refractivity contribution is 0.282. The summed E-state index contributed by atoms with van der Waals surface area (Å²) in [6, 6.07) is 5.88. The number of rotatable bonds is 2. The van der Waals surface area contributed by atoms with Gasteiger partial charge in [0.15, 0.2) is 0 Å². The molecule has 2 N–H and O–H groups in total. The van der Waals surface area contributed by atoms with Gasteiger partial charge in [-0.3, -0.25) is 0 Å². The van der Waals surface area contributed by atoms with Crippen molar-refractivity contribution in [3.05, 3.63) is 29.3 Å². The van der Waals surface area contributed by atoms with Gasteiger partial charge in [-0.25, -0.2) is 0 Å². The molecule has 1 aromatic rings. The molecule has 0 radical (unpaired) electrons. The van der Waals surface area contributed by atoms with Crippen LogP contribution in [0.1, 0.15) is 11.1 Å². The van der Waals surface area contributed by atoms with Gasteiger partial charge in [0.2, 0.25) is 0 Å². The molecule has 0 amide bonds. The van der Waals surface area contributed by atoms with E-state index >= 15 is 0 Å². The van der Waals surface area contributed by atoms with Gasteiger partial charge in [0.1, 0.15) is 0 Å². The van der Waals surface area contributed by atoms with Crippen molar-refractivity contribution in [1.29, 1.82) is 0 Å². The van der Waals surface area contributed by atoms with Crippen LogP contribution in [-0.4, -0.2) is 12.2 Å². The first-order valence-electron chi connectivity index (χ1n) is 3.66. The number of hydrogen-bond donors (Lipinski definition) is 2. The van der Waals surface area contributed by atoms with E-state index in [0.717, 1.165) is 11.3 Å². The van der Waals surface area contributed by atoms with Crippen LogP contribution in [0.25, 0.3) is 0 Å². The van der Waals surface area contributed by atoms with E-state index in [0.29, 0.717) is 0 Å². The topological polar surface area (TPSA) is 32.3 Å². The number of anilines is 1. The van der Waals surface area contributed by atoms with Gasteiger partial charge in [0.05, 0.1) is 6.61 Å². The van der Waals surface area contributed by atoms with E-state index in [9.17, 15) is 0 Å². The van der Waals surface area contributed by atoms with E-state index in [1.54, 1.807) is 0 Å². The second kappa shape index (κ2) is 3.39. The van der Waals surface area contributed by atoms with Crippen molar-refractivity contribution in [3.63, 3.8) is 0 Å². The third-order valence-corrected chi connectivity index (χ3v) is 1.75. The third kappa shape index (κ3) is 1.71. The summed E-state index contributed by atoms with van der Waals surface area (Å²) in [6.45, 7) is 2.14. The lowest BCUT2D eigenvalue weighted by atomic mass is 10.1. The molecule has 0 atom stereocenters. The maximum atomic E-state index is 8.82. The highest BCUT2D eigenvalue weighted by atomic mass is 16.3. The average molecular weight is 151 g/mol. The number of aryl methyl sites for hydroxylation is 1. The van der Waals surface area contributed by atoms with E-state index in [1.165, 1.54) is 5.56 Å². The van der Waals surface area contributed by atoms with E-state index in [-0.39, 0.29) is 6.61 Å². The number of benzene rings is 1. The van der Waals surface area contributed by atoms with Crippen molar-refractivity contribution in [2.24, 2.45) is 0 Å². The molecule has 1 rings (SSSR count). The highest BCUT2D eigenvalue weighted by Crippen LogP contribution is 2.15. The van der Waals surface area contributed by atoms with Crippen LogP contribution >= 0.6 is 0 Å². The SMILES string of the molecule is CNc1cc(CO)ccc1C. The van der Waals surface area contributed by atoms with Crippen LogP contribution in [0, 0.1) is 6.92 Å². The molecule has 60 valence electrons. The summed E-state index contributed by atoms with van der Waals surface area (Å²) in [5, 5.41) is 11.9. The molecule has 0 unspecified atom stereocenters. The smallest absolute Gasteiger partial charge is 0.0682 e. The Bertz CT molecular complexity index is 245. The molecular weight excluding hydrogens is 138 g/mol. The lowest BCUT2D eigenvalue weighted by Gasteiger charge is -2.05. The van der Waals surface area contributed by atoms with Gasteiger partial charge in [-0.15, -0.1) is 0 Å². The van der Waals surface area contributed by atoms with Gasteiger partial charge in [-0.2, -0.15) is 0 Å². The zero-order valence-corrected chi connectivity index (χ0v) is 6.89. The summed E-state index contributed by atoms with van der Waals surface area (Å²) in [6.07, 6.45) is 0. The Hall–Kier alpha value is -1.02. The molecule has 0 bridgehead atoms. The maximum absolute atomic E-state index is 8.82.